The van der Waals surface area contributed by atoms with Crippen LogP contribution in [0.15, 0.2) is 30.5 Å². The van der Waals surface area contributed by atoms with E-state index in [-0.39, 0.29) is 6.04 Å². The molecule has 0 aliphatic heterocycles. The third-order valence-electron chi connectivity index (χ3n) is 3.69. The first-order chi connectivity index (χ1) is 9.24. The second-order valence-corrected chi connectivity index (χ2v) is 5.77. The molecule has 1 fully saturated rings. The highest BCUT2D eigenvalue weighted by Crippen LogP contribution is 2.29. The van der Waals surface area contributed by atoms with Gasteiger partial charge in [0.05, 0.1) is 12.1 Å². The molecular formula is C16H22N2O. The number of ether oxygens (including phenoxy) is 1. The van der Waals surface area contributed by atoms with Crippen LogP contribution in [0.4, 0.5) is 0 Å². The summed E-state index contributed by atoms with van der Waals surface area (Å²) in [5, 5.41) is 1.30. The summed E-state index contributed by atoms with van der Waals surface area (Å²) in [6.45, 7) is 3.60. The first-order valence-corrected chi connectivity index (χ1v) is 7.14. The zero-order chi connectivity index (χ0) is 13.2. The zero-order valence-electron chi connectivity index (χ0n) is 11.5. The Morgan fingerprint density at radius 1 is 1.37 bits per heavy atom. The van der Waals surface area contributed by atoms with Crippen molar-refractivity contribution in [1.29, 1.82) is 0 Å². The van der Waals surface area contributed by atoms with Crippen LogP contribution >= 0.6 is 0 Å². The Hall–Kier alpha value is -1.32. The quantitative estimate of drug-likeness (QED) is 0.865. The molecule has 1 aliphatic rings. The molecule has 0 bridgehead atoms. The number of aromatic nitrogens is 1. The van der Waals surface area contributed by atoms with Crippen LogP contribution in [0.2, 0.25) is 0 Å². The number of nitrogens with two attached hydrogens (primary N) is 1. The normalized spacial score (nSPS) is 16.9. The van der Waals surface area contributed by atoms with Gasteiger partial charge in [0.1, 0.15) is 6.73 Å². The summed E-state index contributed by atoms with van der Waals surface area (Å²) in [5.41, 5.74) is 8.50. The smallest absolute Gasteiger partial charge is 0.122 e. The molecule has 3 heteroatoms. The maximum Gasteiger partial charge on any atom is 0.122 e. The average Bonchev–Trinajstić information content (AvgIpc) is 3.14. The number of benzene rings is 1. The molecule has 1 aromatic heterocycles. The van der Waals surface area contributed by atoms with E-state index in [1.807, 2.05) is 0 Å². The van der Waals surface area contributed by atoms with Gasteiger partial charge in [-0.05, 0) is 43.7 Å². The summed E-state index contributed by atoms with van der Waals surface area (Å²) in [7, 11) is 0. The lowest BCUT2D eigenvalue weighted by molar-refractivity contribution is 0.0717. The van der Waals surface area contributed by atoms with Crippen LogP contribution in [-0.4, -0.2) is 17.2 Å². The van der Waals surface area contributed by atoms with Gasteiger partial charge in [0.15, 0.2) is 0 Å². The Labute approximate surface area is 114 Å². The second kappa shape index (κ2) is 5.35. The van der Waals surface area contributed by atoms with Crippen molar-refractivity contribution in [1.82, 2.24) is 4.57 Å². The topological polar surface area (TPSA) is 40.2 Å². The molecule has 2 aromatic rings. The predicted octanol–water partition coefficient (Wildman–Crippen LogP) is 2.92. The molecular weight excluding hydrogens is 236 g/mol. The number of hydrogen-bond acceptors (Lipinski definition) is 2. The SMILES string of the molecule is CC(N)Cc1cn(COCC2CC2)c2ccccc12. The molecule has 0 saturated heterocycles. The van der Waals surface area contributed by atoms with E-state index in [1.54, 1.807) is 0 Å². The molecule has 1 heterocycles. The lowest BCUT2D eigenvalue weighted by atomic mass is 10.1. The predicted molar refractivity (Wildman–Crippen MR) is 78.0 cm³/mol. The number of nitrogens with zero attached hydrogens (tertiary/aromatic N) is 1. The molecule has 1 saturated carbocycles. The molecule has 1 unspecified atom stereocenters. The lowest BCUT2D eigenvalue weighted by Crippen LogP contribution is -2.17. The molecule has 1 atom stereocenters. The van der Waals surface area contributed by atoms with Crippen molar-refractivity contribution in [2.45, 2.75) is 39.0 Å². The number of para-hydroxylation sites is 1. The van der Waals surface area contributed by atoms with Gasteiger partial charge >= 0.3 is 0 Å². The minimum Gasteiger partial charge on any atom is -0.360 e. The van der Waals surface area contributed by atoms with Gasteiger partial charge in [-0.2, -0.15) is 0 Å². The number of rotatable bonds is 6. The van der Waals surface area contributed by atoms with Gasteiger partial charge < -0.3 is 15.0 Å². The van der Waals surface area contributed by atoms with Gasteiger partial charge in [-0.3, -0.25) is 0 Å². The molecule has 19 heavy (non-hydrogen) atoms. The molecule has 1 aromatic carbocycles. The fourth-order valence-electron chi connectivity index (χ4n) is 2.54. The van der Waals surface area contributed by atoms with E-state index in [1.165, 1.54) is 29.3 Å². The van der Waals surface area contributed by atoms with Crippen LogP contribution in [-0.2, 0) is 17.9 Å². The van der Waals surface area contributed by atoms with Gasteiger partial charge in [0, 0.05) is 17.6 Å². The highest BCUT2D eigenvalue weighted by atomic mass is 16.5. The first kappa shape index (κ1) is 12.7. The monoisotopic (exact) mass is 258 g/mol. The molecule has 2 N–H and O–H groups in total. The van der Waals surface area contributed by atoms with Crippen LogP contribution in [0.3, 0.4) is 0 Å². The van der Waals surface area contributed by atoms with Crippen molar-refractivity contribution in [3.05, 3.63) is 36.0 Å². The molecule has 0 radical (unpaired) electrons. The van der Waals surface area contributed by atoms with Gasteiger partial charge in [0.2, 0.25) is 0 Å². The van der Waals surface area contributed by atoms with E-state index < -0.39 is 0 Å². The Morgan fingerprint density at radius 3 is 2.89 bits per heavy atom. The molecule has 0 amide bonds. The number of fused-ring (bicyclic) bond motifs is 1. The maximum absolute atomic E-state index is 5.93. The fraction of sp³-hybridized carbons (Fsp3) is 0.500. The van der Waals surface area contributed by atoms with Gasteiger partial charge in [-0.1, -0.05) is 18.2 Å². The van der Waals surface area contributed by atoms with Crippen LogP contribution in [0.25, 0.3) is 10.9 Å². The van der Waals surface area contributed by atoms with E-state index in [4.69, 9.17) is 10.5 Å². The van der Waals surface area contributed by atoms with Crippen LogP contribution in [0, 0.1) is 5.92 Å². The second-order valence-electron chi connectivity index (χ2n) is 5.77. The largest absolute Gasteiger partial charge is 0.360 e. The molecule has 3 nitrogen and oxygen atoms in total. The summed E-state index contributed by atoms with van der Waals surface area (Å²) in [4.78, 5) is 0. The minimum atomic E-state index is 0.187. The Morgan fingerprint density at radius 2 is 2.16 bits per heavy atom. The van der Waals surface area contributed by atoms with Crippen molar-refractivity contribution < 1.29 is 4.74 Å². The lowest BCUT2D eigenvalue weighted by Gasteiger charge is -2.06. The standard InChI is InChI=1S/C16H22N2O/c1-12(17)8-14-9-18(11-19-10-13-6-7-13)16-5-3-2-4-15(14)16/h2-5,9,12-13H,6-8,10-11,17H2,1H3. The van der Waals surface area contributed by atoms with Gasteiger partial charge in [-0.15, -0.1) is 0 Å². The molecule has 102 valence electrons. The van der Waals surface area contributed by atoms with Crippen molar-refractivity contribution >= 4 is 10.9 Å². The van der Waals surface area contributed by atoms with E-state index in [2.05, 4.69) is 42.0 Å². The molecule has 3 rings (SSSR count). The van der Waals surface area contributed by atoms with Gasteiger partial charge in [-0.25, -0.2) is 0 Å². The summed E-state index contributed by atoms with van der Waals surface area (Å²) in [6, 6.07) is 8.68. The van der Waals surface area contributed by atoms with E-state index in [9.17, 15) is 0 Å². The van der Waals surface area contributed by atoms with Crippen LogP contribution < -0.4 is 5.73 Å². The molecule has 0 spiro atoms. The summed E-state index contributed by atoms with van der Waals surface area (Å²) < 4.78 is 8.01. The Bertz CT molecular complexity index is 555. The van der Waals surface area contributed by atoms with Crippen molar-refractivity contribution in [2.24, 2.45) is 11.7 Å². The Balaban J connectivity index is 1.81. The van der Waals surface area contributed by atoms with Crippen LogP contribution in [0.5, 0.6) is 0 Å². The van der Waals surface area contributed by atoms with Crippen molar-refractivity contribution in [2.75, 3.05) is 6.61 Å². The summed E-state index contributed by atoms with van der Waals surface area (Å²) >= 11 is 0. The summed E-state index contributed by atoms with van der Waals surface area (Å²) in [6.07, 6.45) is 5.78. The number of hydrogen-bond donors (Lipinski definition) is 1. The van der Waals surface area contributed by atoms with Gasteiger partial charge in [0.25, 0.3) is 0 Å². The van der Waals surface area contributed by atoms with Crippen molar-refractivity contribution in [3.63, 3.8) is 0 Å². The zero-order valence-corrected chi connectivity index (χ0v) is 11.5. The maximum atomic E-state index is 5.93. The van der Waals surface area contributed by atoms with E-state index in [0.717, 1.165) is 18.9 Å². The first-order valence-electron chi connectivity index (χ1n) is 7.14. The average molecular weight is 258 g/mol. The fourth-order valence-corrected chi connectivity index (χ4v) is 2.54. The highest BCUT2D eigenvalue weighted by Gasteiger charge is 2.21. The Kier molecular flexibility index (Phi) is 3.58. The summed E-state index contributed by atoms with van der Waals surface area (Å²) in [5.74, 6) is 0.811. The van der Waals surface area contributed by atoms with Crippen molar-refractivity contribution in [3.8, 4) is 0 Å². The molecule has 1 aliphatic carbocycles. The highest BCUT2D eigenvalue weighted by molar-refractivity contribution is 5.84. The minimum absolute atomic E-state index is 0.187. The van der Waals surface area contributed by atoms with Crippen LogP contribution in [0.1, 0.15) is 25.3 Å². The third kappa shape index (κ3) is 2.99. The third-order valence-corrected chi connectivity index (χ3v) is 3.69. The van der Waals surface area contributed by atoms with E-state index >= 15 is 0 Å². The van der Waals surface area contributed by atoms with E-state index in [0.29, 0.717) is 6.73 Å².